The Labute approximate surface area is 126 Å². The molecule has 0 unspecified atom stereocenters. The molecule has 2 rings (SSSR count). The van der Waals surface area contributed by atoms with Crippen LogP contribution in [0.2, 0.25) is 0 Å². The van der Waals surface area contributed by atoms with Gasteiger partial charge in [-0.3, -0.25) is 9.69 Å². The molecule has 0 spiro atoms. The number of hydrogen-bond donors (Lipinski definition) is 0. The van der Waals surface area contributed by atoms with Crippen LogP contribution in [0.1, 0.15) is 11.7 Å². The maximum atomic E-state index is 12.5. The van der Waals surface area contributed by atoms with E-state index in [-0.39, 0.29) is 5.91 Å². The van der Waals surface area contributed by atoms with Gasteiger partial charge in [-0.2, -0.15) is 0 Å². The number of carbonyl (C=O) groups is 1. The number of ether oxygens (including phenoxy) is 2. The van der Waals surface area contributed by atoms with E-state index >= 15 is 0 Å². The summed E-state index contributed by atoms with van der Waals surface area (Å²) in [6.07, 6.45) is -0.527. The fourth-order valence-electron chi connectivity index (χ4n) is 2.43. The van der Waals surface area contributed by atoms with E-state index in [0.29, 0.717) is 6.54 Å². The summed E-state index contributed by atoms with van der Waals surface area (Å²) in [5, 5.41) is 0. The number of amides is 1. The number of carbonyl (C=O) groups excluding carboxylic acids is 1. The van der Waals surface area contributed by atoms with Crippen molar-refractivity contribution in [2.24, 2.45) is 0 Å². The second-order valence-electron chi connectivity index (χ2n) is 5.24. The third-order valence-electron chi connectivity index (χ3n) is 3.79. The number of likely N-dealkylation sites (N-methyl/N-ethyl adjacent to an activating group) is 1. The molecule has 0 N–H and O–H groups in total. The van der Waals surface area contributed by atoms with Crippen molar-refractivity contribution in [3.63, 3.8) is 0 Å². The molecule has 1 aliphatic rings. The molecule has 0 aliphatic carbocycles. The molecule has 1 fully saturated rings. The van der Waals surface area contributed by atoms with Gasteiger partial charge in [0.05, 0.1) is 13.2 Å². The van der Waals surface area contributed by atoms with Crippen molar-refractivity contribution in [1.82, 2.24) is 9.80 Å². The number of nitrogens with zero attached hydrogens (tertiary/aromatic N) is 2. The Morgan fingerprint density at radius 2 is 2.00 bits per heavy atom. The molecule has 1 saturated heterocycles. The highest BCUT2D eigenvalue weighted by molar-refractivity contribution is 5.82. The Morgan fingerprint density at radius 1 is 1.33 bits per heavy atom. The highest BCUT2D eigenvalue weighted by atomic mass is 16.5. The molecule has 1 aromatic rings. The van der Waals surface area contributed by atoms with Crippen molar-refractivity contribution in [1.29, 1.82) is 0 Å². The van der Waals surface area contributed by atoms with Gasteiger partial charge < -0.3 is 14.4 Å². The molecule has 0 radical (unpaired) electrons. The van der Waals surface area contributed by atoms with Crippen molar-refractivity contribution >= 4 is 5.91 Å². The Hall–Kier alpha value is -1.43. The Kier molecular flexibility index (Phi) is 6.17. The Bertz CT molecular complexity index is 432. The number of morpholine rings is 1. The lowest BCUT2D eigenvalue weighted by Crippen LogP contribution is -2.43. The lowest BCUT2D eigenvalue weighted by molar-refractivity contribution is -0.141. The molecule has 5 nitrogen and oxygen atoms in total. The summed E-state index contributed by atoms with van der Waals surface area (Å²) in [5.74, 6) is -0.00282. The summed E-state index contributed by atoms with van der Waals surface area (Å²) in [4.78, 5) is 16.6. The van der Waals surface area contributed by atoms with Gasteiger partial charge in [0.15, 0.2) is 6.10 Å². The number of hydrogen-bond acceptors (Lipinski definition) is 4. The zero-order chi connectivity index (χ0) is 15.1. The molecule has 5 heteroatoms. The third kappa shape index (κ3) is 4.52. The maximum Gasteiger partial charge on any atom is 0.256 e. The largest absolute Gasteiger partial charge is 0.379 e. The molecular weight excluding hydrogens is 268 g/mol. The van der Waals surface area contributed by atoms with Gasteiger partial charge >= 0.3 is 0 Å². The molecule has 0 bridgehead atoms. The van der Waals surface area contributed by atoms with Gasteiger partial charge in [-0.1, -0.05) is 30.3 Å². The topological polar surface area (TPSA) is 42.0 Å². The van der Waals surface area contributed by atoms with E-state index < -0.39 is 6.10 Å². The molecule has 21 heavy (non-hydrogen) atoms. The van der Waals surface area contributed by atoms with E-state index in [1.807, 2.05) is 37.4 Å². The van der Waals surface area contributed by atoms with Crippen LogP contribution in [-0.2, 0) is 14.3 Å². The SMILES string of the molecule is CO[C@H](C(=O)N(C)CCN1CCOCC1)c1ccccc1. The predicted molar refractivity (Wildman–Crippen MR) is 81.1 cm³/mol. The summed E-state index contributed by atoms with van der Waals surface area (Å²) in [7, 11) is 3.41. The van der Waals surface area contributed by atoms with Crippen LogP contribution >= 0.6 is 0 Å². The van der Waals surface area contributed by atoms with E-state index in [2.05, 4.69) is 4.90 Å². The lowest BCUT2D eigenvalue weighted by Gasteiger charge is -2.29. The summed E-state index contributed by atoms with van der Waals surface area (Å²) in [5.41, 5.74) is 0.892. The van der Waals surface area contributed by atoms with Gasteiger partial charge in [0.2, 0.25) is 0 Å². The fraction of sp³-hybridized carbons (Fsp3) is 0.562. The molecule has 0 aromatic heterocycles. The number of methoxy groups -OCH3 is 1. The van der Waals surface area contributed by atoms with E-state index in [9.17, 15) is 4.79 Å². The van der Waals surface area contributed by atoms with E-state index in [1.165, 1.54) is 0 Å². The molecule has 1 amide bonds. The van der Waals surface area contributed by atoms with Crippen LogP contribution in [0.25, 0.3) is 0 Å². The zero-order valence-electron chi connectivity index (χ0n) is 12.8. The Balaban J connectivity index is 1.88. The van der Waals surface area contributed by atoms with Crippen LogP contribution < -0.4 is 0 Å². The van der Waals surface area contributed by atoms with Crippen molar-refractivity contribution in [3.05, 3.63) is 35.9 Å². The fourth-order valence-corrected chi connectivity index (χ4v) is 2.43. The molecule has 116 valence electrons. The van der Waals surface area contributed by atoms with Crippen molar-refractivity contribution in [2.75, 3.05) is 53.6 Å². The highest BCUT2D eigenvalue weighted by Crippen LogP contribution is 2.18. The van der Waals surface area contributed by atoms with Crippen molar-refractivity contribution in [3.8, 4) is 0 Å². The van der Waals surface area contributed by atoms with Gasteiger partial charge in [-0.15, -0.1) is 0 Å². The predicted octanol–water partition coefficient (Wildman–Crippen LogP) is 1.16. The monoisotopic (exact) mass is 292 g/mol. The third-order valence-corrected chi connectivity index (χ3v) is 3.79. The first-order valence-electron chi connectivity index (χ1n) is 7.35. The lowest BCUT2D eigenvalue weighted by atomic mass is 10.1. The molecule has 1 aliphatic heterocycles. The van der Waals surface area contributed by atoms with E-state index in [0.717, 1.165) is 38.4 Å². The summed E-state index contributed by atoms with van der Waals surface area (Å²) >= 11 is 0. The minimum Gasteiger partial charge on any atom is -0.379 e. The highest BCUT2D eigenvalue weighted by Gasteiger charge is 2.23. The summed E-state index contributed by atoms with van der Waals surface area (Å²) < 4.78 is 10.7. The molecule has 1 atom stereocenters. The first kappa shape index (κ1) is 15.9. The van der Waals surface area contributed by atoms with E-state index in [4.69, 9.17) is 9.47 Å². The number of benzene rings is 1. The first-order valence-corrected chi connectivity index (χ1v) is 7.35. The summed E-state index contributed by atoms with van der Waals surface area (Å²) in [6.45, 7) is 5.01. The van der Waals surface area contributed by atoms with Crippen LogP contribution in [0.4, 0.5) is 0 Å². The quantitative estimate of drug-likeness (QED) is 0.789. The summed E-state index contributed by atoms with van der Waals surface area (Å²) in [6, 6.07) is 9.61. The minimum absolute atomic E-state index is 0.00282. The average Bonchev–Trinajstić information content (AvgIpc) is 2.55. The minimum atomic E-state index is -0.527. The second kappa shape index (κ2) is 8.12. The van der Waals surface area contributed by atoms with Crippen LogP contribution in [-0.4, -0.2) is 69.3 Å². The maximum absolute atomic E-state index is 12.5. The molecule has 1 heterocycles. The van der Waals surface area contributed by atoms with Crippen LogP contribution in [0.15, 0.2) is 30.3 Å². The van der Waals surface area contributed by atoms with Gasteiger partial charge in [0, 0.05) is 40.3 Å². The second-order valence-corrected chi connectivity index (χ2v) is 5.24. The number of rotatable bonds is 6. The van der Waals surface area contributed by atoms with Crippen molar-refractivity contribution < 1.29 is 14.3 Å². The normalized spacial score (nSPS) is 17.4. The van der Waals surface area contributed by atoms with Gasteiger partial charge in [-0.05, 0) is 5.56 Å². The van der Waals surface area contributed by atoms with Gasteiger partial charge in [-0.25, -0.2) is 0 Å². The molecule has 1 aromatic carbocycles. The smallest absolute Gasteiger partial charge is 0.256 e. The van der Waals surface area contributed by atoms with Gasteiger partial charge in [0.1, 0.15) is 0 Å². The van der Waals surface area contributed by atoms with Gasteiger partial charge in [0.25, 0.3) is 5.91 Å². The van der Waals surface area contributed by atoms with E-state index in [1.54, 1.807) is 12.0 Å². The van der Waals surface area contributed by atoms with Crippen LogP contribution in [0, 0.1) is 0 Å². The average molecular weight is 292 g/mol. The molecule has 0 saturated carbocycles. The van der Waals surface area contributed by atoms with Crippen LogP contribution in [0.5, 0.6) is 0 Å². The zero-order valence-corrected chi connectivity index (χ0v) is 12.8. The van der Waals surface area contributed by atoms with Crippen molar-refractivity contribution in [2.45, 2.75) is 6.10 Å². The Morgan fingerprint density at radius 3 is 2.62 bits per heavy atom. The molecular formula is C16H24N2O3. The standard InChI is InChI=1S/C16H24N2O3/c1-17(8-9-18-10-12-21-13-11-18)16(19)15(20-2)14-6-4-3-5-7-14/h3-7,15H,8-13H2,1-2H3/t15-/m0/s1. The first-order chi connectivity index (χ1) is 10.2. The van der Waals surface area contributed by atoms with Crippen LogP contribution in [0.3, 0.4) is 0 Å².